The second kappa shape index (κ2) is 6.72. The fraction of sp³-hybridized carbons (Fsp3) is 0.188. The van der Waals surface area contributed by atoms with Crippen LogP contribution in [-0.4, -0.2) is 12.4 Å². The van der Waals surface area contributed by atoms with Crippen molar-refractivity contribution in [1.82, 2.24) is 0 Å². The molecule has 2 aromatic rings. The van der Waals surface area contributed by atoms with E-state index in [0.717, 1.165) is 6.42 Å². The quantitative estimate of drug-likeness (QED) is 0.649. The number of nitrogen functional groups attached to an aromatic ring is 1. The molecule has 0 aromatic heterocycles. The lowest BCUT2D eigenvalue weighted by Crippen LogP contribution is -2.06. The van der Waals surface area contributed by atoms with Crippen molar-refractivity contribution >= 4 is 27.4 Å². The van der Waals surface area contributed by atoms with Crippen LogP contribution in [0.5, 0.6) is 5.75 Å². The zero-order valence-corrected chi connectivity index (χ0v) is 13.1. The Balaban J connectivity index is 2.31. The van der Waals surface area contributed by atoms with Gasteiger partial charge in [0.1, 0.15) is 11.6 Å². The second-order valence-electron chi connectivity index (χ2n) is 4.56. The van der Waals surface area contributed by atoms with Crippen LogP contribution in [0.3, 0.4) is 0 Å². The third-order valence-electron chi connectivity index (χ3n) is 2.89. The third kappa shape index (κ3) is 3.61. The summed E-state index contributed by atoms with van der Waals surface area (Å²) in [4.78, 5) is 12.3. The molecule has 0 unspecified atom stereocenters. The van der Waals surface area contributed by atoms with E-state index in [1.54, 1.807) is 18.2 Å². The van der Waals surface area contributed by atoms with Gasteiger partial charge in [-0.3, -0.25) is 4.79 Å². The van der Waals surface area contributed by atoms with Crippen molar-refractivity contribution in [3.8, 4) is 5.75 Å². The lowest BCUT2D eigenvalue weighted by molar-refractivity contribution is 0.103. The van der Waals surface area contributed by atoms with Crippen LogP contribution in [0.2, 0.25) is 0 Å². The Morgan fingerprint density at radius 3 is 2.71 bits per heavy atom. The summed E-state index contributed by atoms with van der Waals surface area (Å²) in [5.41, 5.74) is 6.29. The molecule has 5 heteroatoms. The molecule has 0 spiro atoms. The average molecular weight is 352 g/mol. The first kappa shape index (κ1) is 15.5. The minimum absolute atomic E-state index is 0.0378. The minimum Gasteiger partial charge on any atom is -0.492 e. The number of anilines is 1. The van der Waals surface area contributed by atoms with Gasteiger partial charge in [-0.1, -0.05) is 6.92 Å². The summed E-state index contributed by atoms with van der Waals surface area (Å²) in [6.07, 6.45) is 0.891. The number of ether oxygens (including phenoxy) is 1. The normalized spacial score (nSPS) is 10.4. The Morgan fingerprint density at radius 2 is 2.05 bits per heavy atom. The summed E-state index contributed by atoms with van der Waals surface area (Å²) in [5, 5.41) is 0. The van der Waals surface area contributed by atoms with Gasteiger partial charge in [0, 0.05) is 11.3 Å². The molecule has 2 N–H and O–H groups in total. The molecule has 2 aromatic carbocycles. The number of hydrogen-bond donors (Lipinski definition) is 1. The van der Waals surface area contributed by atoms with Gasteiger partial charge >= 0.3 is 0 Å². The summed E-state index contributed by atoms with van der Waals surface area (Å²) in [7, 11) is 0. The van der Waals surface area contributed by atoms with E-state index < -0.39 is 11.6 Å². The summed E-state index contributed by atoms with van der Waals surface area (Å²) in [5.74, 6) is -0.347. The first-order chi connectivity index (χ1) is 10.0. The van der Waals surface area contributed by atoms with Gasteiger partial charge in [0.05, 0.1) is 16.6 Å². The number of ketones is 1. The summed E-state index contributed by atoms with van der Waals surface area (Å²) >= 11 is 3.36. The Hall–Kier alpha value is -1.88. The van der Waals surface area contributed by atoms with Gasteiger partial charge < -0.3 is 10.5 Å². The minimum atomic E-state index is -0.586. The first-order valence-electron chi connectivity index (χ1n) is 6.55. The van der Waals surface area contributed by atoms with E-state index >= 15 is 0 Å². The molecule has 0 bridgehead atoms. The zero-order valence-electron chi connectivity index (χ0n) is 11.5. The van der Waals surface area contributed by atoms with Crippen LogP contribution in [0.15, 0.2) is 40.9 Å². The van der Waals surface area contributed by atoms with Gasteiger partial charge in [0.25, 0.3) is 0 Å². The smallest absolute Gasteiger partial charge is 0.196 e. The SMILES string of the molecule is CCCOc1ccc(C(=O)c2cc(N)ccc2F)cc1Br. The molecule has 0 saturated heterocycles. The van der Waals surface area contributed by atoms with Gasteiger partial charge in [-0.2, -0.15) is 0 Å². The molecule has 0 aliphatic rings. The van der Waals surface area contributed by atoms with Crippen LogP contribution in [0.1, 0.15) is 29.3 Å². The van der Waals surface area contributed by atoms with Crippen molar-refractivity contribution in [3.05, 3.63) is 57.8 Å². The van der Waals surface area contributed by atoms with E-state index in [0.29, 0.717) is 28.1 Å². The molecule has 0 heterocycles. The Morgan fingerprint density at radius 1 is 1.29 bits per heavy atom. The maximum absolute atomic E-state index is 13.7. The van der Waals surface area contributed by atoms with Crippen LogP contribution in [0, 0.1) is 5.82 Å². The standard InChI is InChI=1S/C16H15BrFNO2/c1-2-7-21-15-6-3-10(8-13(15)17)16(20)12-9-11(19)4-5-14(12)18/h3-6,8-9H,2,7,19H2,1H3. The predicted octanol–water partition coefficient (Wildman–Crippen LogP) is 4.19. The number of halogens is 2. The van der Waals surface area contributed by atoms with Gasteiger partial charge in [0.2, 0.25) is 0 Å². The molecular weight excluding hydrogens is 337 g/mol. The first-order valence-corrected chi connectivity index (χ1v) is 7.34. The van der Waals surface area contributed by atoms with Gasteiger partial charge in [-0.15, -0.1) is 0 Å². The van der Waals surface area contributed by atoms with Gasteiger partial charge in [0.15, 0.2) is 5.78 Å². The van der Waals surface area contributed by atoms with Crippen molar-refractivity contribution in [3.63, 3.8) is 0 Å². The molecule has 2 rings (SSSR count). The number of hydrogen-bond acceptors (Lipinski definition) is 3. The third-order valence-corrected chi connectivity index (χ3v) is 3.51. The molecule has 3 nitrogen and oxygen atoms in total. The van der Waals surface area contributed by atoms with E-state index in [1.807, 2.05) is 6.92 Å². The lowest BCUT2D eigenvalue weighted by Gasteiger charge is -2.09. The zero-order chi connectivity index (χ0) is 15.4. The molecule has 0 radical (unpaired) electrons. The Labute approximate surface area is 131 Å². The topological polar surface area (TPSA) is 52.3 Å². The van der Waals surface area contributed by atoms with E-state index in [-0.39, 0.29) is 5.56 Å². The maximum atomic E-state index is 13.7. The second-order valence-corrected chi connectivity index (χ2v) is 5.42. The summed E-state index contributed by atoms with van der Waals surface area (Å²) < 4.78 is 19.9. The highest BCUT2D eigenvalue weighted by atomic mass is 79.9. The van der Waals surface area contributed by atoms with Crippen LogP contribution < -0.4 is 10.5 Å². The molecule has 0 saturated carbocycles. The number of benzene rings is 2. The lowest BCUT2D eigenvalue weighted by atomic mass is 10.0. The Kier molecular flexibility index (Phi) is 4.96. The van der Waals surface area contributed by atoms with Crippen molar-refractivity contribution < 1.29 is 13.9 Å². The highest BCUT2D eigenvalue weighted by Crippen LogP contribution is 2.27. The van der Waals surface area contributed by atoms with E-state index in [4.69, 9.17) is 10.5 Å². The van der Waals surface area contributed by atoms with E-state index in [2.05, 4.69) is 15.9 Å². The Bertz CT molecular complexity index is 673. The van der Waals surface area contributed by atoms with Crippen molar-refractivity contribution in [2.75, 3.05) is 12.3 Å². The van der Waals surface area contributed by atoms with Crippen molar-refractivity contribution in [2.24, 2.45) is 0 Å². The molecule has 0 aliphatic heterocycles. The average Bonchev–Trinajstić information content (AvgIpc) is 2.47. The summed E-state index contributed by atoms with van der Waals surface area (Å²) in [6.45, 7) is 2.60. The van der Waals surface area contributed by atoms with Crippen LogP contribution in [0.25, 0.3) is 0 Å². The maximum Gasteiger partial charge on any atom is 0.196 e. The van der Waals surface area contributed by atoms with Crippen LogP contribution >= 0.6 is 15.9 Å². The number of nitrogens with two attached hydrogens (primary N) is 1. The molecular formula is C16H15BrFNO2. The number of carbonyl (C=O) groups is 1. The molecule has 0 aliphatic carbocycles. The molecule has 110 valence electrons. The number of rotatable bonds is 5. The molecule has 0 amide bonds. The van der Waals surface area contributed by atoms with Crippen LogP contribution in [0.4, 0.5) is 10.1 Å². The fourth-order valence-corrected chi connectivity index (χ4v) is 2.34. The van der Waals surface area contributed by atoms with Gasteiger partial charge in [-0.25, -0.2) is 4.39 Å². The van der Waals surface area contributed by atoms with Crippen molar-refractivity contribution in [2.45, 2.75) is 13.3 Å². The van der Waals surface area contributed by atoms with E-state index in [1.165, 1.54) is 18.2 Å². The van der Waals surface area contributed by atoms with Crippen molar-refractivity contribution in [1.29, 1.82) is 0 Å². The predicted molar refractivity (Wildman–Crippen MR) is 84.2 cm³/mol. The molecule has 0 fully saturated rings. The van der Waals surface area contributed by atoms with Gasteiger partial charge in [-0.05, 0) is 58.7 Å². The molecule has 21 heavy (non-hydrogen) atoms. The highest BCUT2D eigenvalue weighted by molar-refractivity contribution is 9.10. The summed E-state index contributed by atoms with van der Waals surface area (Å²) in [6, 6.07) is 8.88. The fourth-order valence-electron chi connectivity index (χ4n) is 1.84. The van der Waals surface area contributed by atoms with E-state index in [9.17, 15) is 9.18 Å². The number of carbonyl (C=O) groups excluding carboxylic acids is 1. The monoisotopic (exact) mass is 351 g/mol. The molecule has 0 atom stereocenters. The highest BCUT2D eigenvalue weighted by Gasteiger charge is 2.16. The van der Waals surface area contributed by atoms with Crippen LogP contribution in [-0.2, 0) is 0 Å². The largest absolute Gasteiger partial charge is 0.492 e.